The van der Waals surface area contributed by atoms with Gasteiger partial charge in [-0.3, -0.25) is 14.4 Å². The number of carbonyl (C=O) groups excluding carboxylic acids is 3. The highest BCUT2D eigenvalue weighted by molar-refractivity contribution is 5.93. The Morgan fingerprint density at radius 2 is 1.89 bits per heavy atom. The standard InChI is InChI=1S/C31H46N4O3/c1-22(2)21-32-16-8-9-17-33-28(36)26(20-23-14-15-24-11-6-7-12-25(24)19-23)34-29(37)27-13-10-18-35(27)30(38)31(3,4)5/h6-9,11-12,14,19,22,24,26-27,32H,10,13,15-18,20-21H2,1-5H3,(H,33,36)(H,34,37)/b9-8-/t24?,26-,27?/m1/s1. The molecule has 2 unspecified atom stereocenters. The quantitative estimate of drug-likeness (QED) is 0.284. The number of nitrogens with one attached hydrogen (secondary N) is 3. The molecule has 3 rings (SSSR count). The van der Waals surface area contributed by atoms with Gasteiger partial charge in [0.1, 0.15) is 12.1 Å². The van der Waals surface area contributed by atoms with Crippen LogP contribution in [0.2, 0.25) is 0 Å². The van der Waals surface area contributed by atoms with E-state index in [2.05, 4.69) is 60.2 Å². The average Bonchev–Trinajstić information content (AvgIpc) is 3.36. The van der Waals surface area contributed by atoms with Crippen LogP contribution in [0.5, 0.6) is 0 Å². The first-order valence-electron chi connectivity index (χ1n) is 14.1. The molecule has 0 bridgehead atoms. The Bertz CT molecular complexity index is 1010. The molecule has 1 heterocycles. The van der Waals surface area contributed by atoms with Gasteiger partial charge in [0.15, 0.2) is 0 Å². The number of hydrogen-bond acceptors (Lipinski definition) is 4. The molecule has 0 aromatic carbocycles. The van der Waals surface area contributed by atoms with Crippen LogP contribution in [0, 0.1) is 17.3 Å². The lowest BCUT2D eigenvalue weighted by atomic mass is 9.84. The maximum atomic E-state index is 13.4. The second kappa shape index (κ2) is 13.7. The molecule has 0 radical (unpaired) electrons. The summed E-state index contributed by atoms with van der Waals surface area (Å²) in [6, 6.07) is -1.26. The summed E-state index contributed by atoms with van der Waals surface area (Å²) >= 11 is 0. The van der Waals surface area contributed by atoms with Crippen LogP contribution in [-0.4, -0.2) is 60.9 Å². The molecule has 3 atom stereocenters. The summed E-state index contributed by atoms with van der Waals surface area (Å²) in [5.74, 6) is 0.452. The molecular weight excluding hydrogens is 476 g/mol. The fraction of sp³-hybridized carbons (Fsp3) is 0.581. The molecule has 7 heteroatoms. The van der Waals surface area contributed by atoms with Crippen LogP contribution in [0.25, 0.3) is 0 Å². The van der Waals surface area contributed by atoms with E-state index in [4.69, 9.17) is 0 Å². The molecule has 0 aromatic heterocycles. The van der Waals surface area contributed by atoms with Crippen molar-refractivity contribution in [2.75, 3.05) is 26.2 Å². The summed E-state index contributed by atoms with van der Waals surface area (Å²) in [6.07, 6.45) is 19.3. The third-order valence-electron chi connectivity index (χ3n) is 7.06. The lowest BCUT2D eigenvalue weighted by Gasteiger charge is -2.31. The molecule has 3 N–H and O–H groups in total. The summed E-state index contributed by atoms with van der Waals surface area (Å²) in [7, 11) is 0. The number of nitrogens with zero attached hydrogens (tertiary/aromatic N) is 1. The van der Waals surface area contributed by atoms with Gasteiger partial charge in [-0.2, -0.15) is 0 Å². The first-order chi connectivity index (χ1) is 18.1. The fourth-order valence-electron chi connectivity index (χ4n) is 4.99. The van der Waals surface area contributed by atoms with Crippen LogP contribution in [0.1, 0.15) is 60.3 Å². The Morgan fingerprint density at radius 3 is 2.63 bits per heavy atom. The van der Waals surface area contributed by atoms with Gasteiger partial charge in [-0.05, 0) is 42.9 Å². The van der Waals surface area contributed by atoms with Crippen molar-refractivity contribution in [2.24, 2.45) is 17.3 Å². The molecule has 1 fully saturated rings. The van der Waals surface area contributed by atoms with Crippen molar-refractivity contribution in [1.82, 2.24) is 20.9 Å². The van der Waals surface area contributed by atoms with Gasteiger partial charge in [0, 0.05) is 37.4 Å². The van der Waals surface area contributed by atoms with E-state index < -0.39 is 17.5 Å². The van der Waals surface area contributed by atoms with Gasteiger partial charge < -0.3 is 20.9 Å². The third-order valence-corrected chi connectivity index (χ3v) is 7.06. The maximum Gasteiger partial charge on any atom is 0.243 e. The summed E-state index contributed by atoms with van der Waals surface area (Å²) in [6.45, 7) is 12.6. The Kier molecular flexibility index (Phi) is 10.7. The topological polar surface area (TPSA) is 90.5 Å². The minimum Gasteiger partial charge on any atom is -0.351 e. The molecule has 38 heavy (non-hydrogen) atoms. The van der Waals surface area contributed by atoms with Crippen molar-refractivity contribution in [3.63, 3.8) is 0 Å². The average molecular weight is 523 g/mol. The number of likely N-dealkylation sites (tertiary alicyclic amines) is 1. The molecular formula is C31H46N4O3. The number of rotatable bonds is 11. The van der Waals surface area contributed by atoms with Gasteiger partial charge in [0.25, 0.3) is 0 Å². The van der Waals surface area contributed by atoms with Crippen molar-refractivity contribution in [2.45, 2.75) is 72.4 Å². The predicted octanol–water partition coefficient (Wildman–Crippen LogP) is 3.82. The van der Waals surface area contributed by atoms with Crippen LogP contribution < -0.4 is 16.0 Å². The van der Waals surface area contributed by atoms with Crippen LogP contribution in [0.3, 0.4) is 0 Å². The Balaban J connectivity index is 1.66. The van der Waals surface area contributed by atoms with E-state index in [-0.39, 0.29) is 17.7 Å². The second-order valence-electron chi connectivity index (χ2n) is 12.0. The molecule has 3 aliphatic rings. The normalized spacial score (nSPS) is 21.8. The molecule has 7 nitrogen and oxygen atoms in total. The Morgan fingerprint density at radius 1 is 1.13 bits per heavy atom. The van der Waals surface area contributed by atoms with Crippen molar-refractivity contribution in [3.8, 4) is 0 Å². The number of allylic oxidation sites excluding steroid dienone is 7. The highest BCUT2D eigenvalue weighted by atomic mass is 16.2. The molecule has 1 aliphatic heterocycles. The first-order valence-corrected chi connectivity index (χ1v) is 14.1. The lowest BCUT2D eigenvalue weighted by Crippen LogP contribution is -2.54. The molecule has 3 amide bonds. The SMILES string of the molecule is CC(C)CNC/C=C\CNC(=O)[C@@H](CC1=CCC2C=CC=CC2=C1)NC(=O)C1CCCN1C(=O)C(C)(C)C. The Labute approximate surface area is 228 Å². The lowest BCUT2D eigenvalue weighted by molar-refractivity contribution is -0.145. The molecule has 0 aromatic rings. The molecule has 2 aliphatic carbocycles. The zero-order valence-electron chi connectivity index (χ0n) is 23.8. The van der Waals surface area contributed by atoms with Gasteiger partial charge in [-0.25, -0.2) is 0 Å². The molecule has 208 valence electrons. The minimum absolute atomic E-state index is 0.0322. The van der Waals surface area contributed by atoms with E-state index in [1.54, 1.807) is 4.90 Å². The van der Waals surface area contributed by atoms with E-state index in [9.17, 15) is 14.4 Å². The Hall–Kier alpha value is -2.93. The zero-order valence-corrected chi connectivity index (χ0v) is 23.8. The van der Waals surface area contributed by atoms with Crippen molar-refractivity contribution in [3.05, 3.63) is 59.8 Å². The van der Waals surface area contributed by atoms with E-state index in [1.807, 2.05) is 39.0 Å². The number of amides is 3. The van der Waals surface area contributed by atoms with E-state index in [0.717, 1.165) is 31.5 Å². The van der Waals surface area contributed by atoms with E-state index >= 15 is 0 Å². The predicted molar refractivity (Wildman–Crippen MR) is 153 cm³/mol. The molecule has 1 saturated heterocycles. The van der Waals surface area contributed by atoms with E-state index in [0.29, 0.717) is 37.8 Å². The van der Waals surface area contributed by atoms with Crippen LogP contribution >= 0.6 is 0 Å². The van der Waals surface area contributed by atoms with Gasteiger partial charge in [-0.15, -0.1) is 0 Å². The van der Waals surface area contributed by atoms with Crippen LogP contribution in [0.4, 0.5) is 0 Å². The smallest absolute Gasteiger partial charge is 0.243 e. The monoisotopic (exact) mass is 522 g/mol. The van der Waals surface area contributed by atoms with Crippen LogP contribution in [-0.2, 0) is 14.4 Å². The van der Waals surface area contributed by atoms with Crippen molar-refractivity contribution < 1.29 is 14.4 Å². The summed E-state index contributed by atoms with van der Waals surface area (Å²) < 4.78 is 0. The minimum atomic E-state index is -0.718. The van der Waals surface area contributed by atoms with Crippen molar-refractivity contribution in [1.29, 1.82) is 0 Å². The van der Waals surface area contributed by atoms with Crippen molar-refractivity contribution >= 4 is 17.7 Å². The molecule has 0 spiro atoms. The summed E-state index contributed by atoms with van der Waals surface area (Å²) in [4.78, 5) is 41.3. The highest BCUT2D eigenvalue weighted by Crippen LogP contribution is 2.30. The van der Waals surface area contributed by atoms with Gasteiger partial charge in [0.05, 0.1) is 0 Å². The second-order valence-corrected chi connectivity index (χ2v) is 12.0. The van der Waals surface area contributed by atoms with Gasteiger partial charge in [-0.1, -0.05) is 83.2 Å². The maximum absolute atomic E-state index is 13.4. The van der Waals surface area contributed by atoms with E-state index in [1.165, 1.54) is 5.57 Å². The third kappa shape index (κ3) is 8.55. The summed E-state index contributed by atoms with van der Waals surface area (Å²) in [5, 5.41) is 9.31. The molecule has 0 saturated carbocycles. The largest absolute Gasteiger partial charge is 0.351 e. The van der Waals surface area contributed by atoms with Gasteiger partial charge in [0.2, 0.25) is 17.7 Å². The highest BCUT2D eigenvalue weighted by Gasteiger charge is 2.39. The fourth-order valence-corrected chi connectivity index (χ4v) is 4.99. The van der Waals surface area contributed by atoms with Gasteiger partial charge >= 0.3 is 0 Å². The number of fused-ring (bicyclic) bond motifs is 1. The summed E-state index contributed by atoms with van der Waals surface area (Å²) in [5.41, 5.74) is 1.71. The number of carbonyl (C=O) groups is 3. The number of hydrogen-bond donors (Lipinski definition) is 3. The van der Waals surface area contributed by atoms with Crippen LogP contribution in [0.15, 0.2) is 59.8 Å². The zero-order chi connectivity index (χ0) is 27.7. The first kappa shape index (κ1) is 29.6.